The van der Waals surface area contributed by atoms with Crippen molar-refractivity contribution in [3.63, 3.8) is 0 Å². The molecule has 1 aliphatic carbocycles. The van der Waals surface area contributed by atoms with Crippen molar-refractivity contribution in [1.82, 2.24) is 14.9 Å². The molecular formula is C20H25N3O2S2. The average Bonchev–Trinajstić information content (AvgIpc) is 2.97. The predicted octanol–water partition coefficient (Wildman–Crippen LogP) is 3.08. The van der Waals surface area contributed by atoms with Gasteiger partial charge in [-0.25, -0.2) is 4.98 Å². The molecule has 0 spiro atoms. The number of rotatable bonds is 6. The van der Waals surface area contributed by atoms with Crippen LogP contribution in [0.1, 0.15) is 37.6 Å². The van der Waals surface area contributed by atoms with Crippen molar-refractivity contribution in [3.8, 4) is 12.3 Å². The summed E-state index contributed by atoms with van der Waals surface area (Å²) in [7, 11) is 0. The van der Waals surface area contributed by atoms with Crippen molar-refractivity contribution in [1.29, 1.82) is 0 Å². The number of carbonyl (C=O) groups excluding carboxylic acids is 1. The molecule has 0 saturated carbocycles. The molecule has 27 heavy (non-hydrogen) atoms. The first-order valence-corrected chi connectivity index (χ1v) is 11.1. The zero-order valence-electron chi connectivity index (χ0n) is 16.0. The lowest BCUT2D eigenvalue weighted by Gasteiger charge is -2.18. The Morgan fingerprint density at radius 3 is 3.00 bits per heavy atom. The largest absolute Gasteiger partial charge is 0.344 e. The molecule has 7 heteroatoms. The van der Waals surface area contributed by atoms with Crippen LogP contribution >= 0.6 is 23.1 Å². The van der Waals surface area contributed by atoms with E-state index in [-0.39, 0.29) is 23.8 Å². The summed E-state index contributed by atoms with van der Waals surface area (Å²) in [5, 5.41) is 4.06. The number of nitrogens with zero attached hydrogens (tertiary/aromatic N) is 2. The maximum Gasteiger partial charge on any atom is 0.263 e. The Morgan fingerprint density at radius 1 is 1.52 bits per heavy atom. The minimum absolute atomic E-state index is 0.0345. The maximum atomic E-state index is 13.3. The topological polar surface area (TPSA) is 64.0 Å². The summed E-state index contributed by atoms with van der Waals surface area (Å²) in [5.41, 5.74) is 1.23. The molecule has 1 atom stereocenters. The van der Waals surface area contributed by atoms with E-state index in [2.05, 4.69) is 32.0 Å². The van der Waals surface area contributed by atoms with Crippen LogP contribution in [0.2, 0.25) is 0 Å². The molecule has 0 unspecified atom stereocenters. The average molecular weight is 404 g/mol. The fourth-order valence-electron chi connectivity index (χ4n) is 3.37. The third kappa shape index (κ3) is 4.39. The van der Waals surface area contributed by atoms with Gasteiger partial charge < -0.3 is 5.32 Å². The van der Waals surface area contributed by atoms with E-state index < -0.39 is 0 Å². The van der Waals surface area contributed by atoms with Gasteiger partial charge in [0.1, 0.15) is 4.83 Å². The summed E-state index contributed by atoms with van der Waals surface area (Å²) in [4.78, 5) is 32.1. The van der Waals surface area contributed by atoms with Crippen LogP contribution in [0.4, 0.5) is 0 Å². The number of hydrogen-bond acceptors (Lipinski definition) is 5. The standard InChI is InChI=1S/C20H25N3O2S2/c1-5-8-21-16(24)11-26-20-22-18-17(19(25)23(20)10-12(2)3)14-7-6-13(4)9-15(14)27-18/h1,12-13H,6-11H2,2-4H3,(H,21,24)/t13-/m1/s1. The van der Waals surface area contributed by atoms with E-state index in [4.69, 9.17) is 11.4 Å². The van der Waals surface area contributed by atoms with Crippen LogP contribution in [0.5, 0.6) is 0 Å². The lowest BCUT2D eigenvalue weighted by Crippen LogP contribution is -2.28. The van der Waals surface area contributed by atoms with E-state index in [9.17, 15) is 9.59 Å². The van der Waals surface area contributed by atoms with E-state index in [1.807, 2.05) is 0 Å². The quantitative estimate of drug-likeness (QED) is 0.457. The van der Waals surface area contributed by atoms with Gasteiger partial charge in [0.25, 0.3) is 5.56 Å². The molecule has 0 aromatic carbocycles. The lowest BCUT2D eigenvalue weighted by atomic mass is 9.89. The third-order valence-electron chi connectivity index (χ3n) is 4.65. The number of fused-ring (bicyclic) bond motifs is 3. The summed E-state index contributed by atoms with van der Waals surface area (Å²) in [6.45, 7) is 7.22. The first kappa shape index (κ1) is 20.0. The number of amides is 1. The van der Waals surface area contributed by atoms with Gasteiger partial charge in [-0.05, 0) is 36.7 Å². The molecule has 1 N–H and O–H groups in total. The third-order valence-corrected chi connectivity index (χ3v) is 6.77. The van der Waals surface area contributed by atoms with E-state index in [1.54, 1.807) is 15.9 Å². The highest BCUT2D eigenvalue weighted by molar-refractivity contribution is 7.99. The van der Waals surface area contributed by atoms with Crippen LogP contribution in [-0.2, 0) is 24.2 Å². The molecule has 0 fully saturated rings. The molecule has 5 nitrogen and oxygen atoms in total. The molecule has 1 amide bonds. The first-order valence-electron chi connectivity index (χ1n) is 9.28. The van der Waals surface area contributed by atoms with Crippen molar-refractivity contribution < 1.29 is 4.79 Å². The van der Waals surface area contributed by atoms with Gasteiger partial charge >= 0.3 is 0 Å². The second kappa shape index (κ2) is 8.49. The summed E-state index contributed by atoms with van der Waals surface area (Å²) in [6.07, 6.45) is 8.27. The van der Waals surface area contributed by atoms with E-state index >= 15 is 0 Å². The molecule has 0 aliphatic heterocycles. The van der Waals surface area contributed by atoms with Crippen LogP contribution in [0.25, 0.3) is 10.2 Å². The number of thiophene rings is 1. The Morgan fingerprint density at radius 2 is 2.30 bits per heavy atom. The molecule has 0 radical (unpaired) electrons. The summed E-state index contributed by atoms with van der Waals surface area (Å²) < 4.78 is 1.75. The van der Waals surface area contributed by atoms with Gasteiger partial charge in [-0.1, -0.05) is 38.5 Å². The molecule has 144 valence electrons. The van der Waals surface area contributed by atoms with E-state index in [1.165, 1.54) is 22.2 Å². The number of thioether (sulfide) groups is 1. The van der Waals surface area contributed by atoms with Crippen molar-refractivity contribution in [2.45, 2.75) is 51.7 Å². The number of terminal acetylenes is 1. The fourth-order valence-corrected chi connectivity index (χ4v) is 5.63. The van der Waals surface area contributed by atoms with Crippen molar-refractivity contribution in [2.75, 3.05) is 12.3 Å². The number of aromatic nitrogens is 2. The number of nitrogens with one attached hydrogen (secondary N) is 1. The monoisotopic (exact) mass is 403 g/mol. The Balaban J connectivity index is 2.00. The summed E-state index contributed by atoms with van der Waals surface area (Å²) in [5.74, 6) is 3.39. The second-order valence-electron chi connectivity index (χ2n) is 7.51. The van der Waals surface area contributed by atoms with Gasteiger partial charge in [-0.3, -0.25) is 14.2 Å². The Labute approximate surface area is 168 Å². The maximum absolute atomic E-state index is 13.3. The molecule has 1 aliphatic rings. The highest BCUT2D eigenvalue weighted by Gasteiger charge is 2.25. The Hall–Kier alpha value is -1.78. The van der Waals surface area contributed by atoms with E-state index in [0.717, 1.165) is 29.5 Å². The number of hydrogen-bond donors (Lipinski definition) is 1. The molecule has 2 heterocycles. The van der Waals surface area contributed by atoms with Crippen molar-refractivity contribution in [2.24, 2.45) is 11.8 Å². The van der Waals surface area contributed by atoms with Crippen LogP contribution in [0.15, 0.2) is 9.95 Å². The van der Waals surface area contributed by atoms with Crippen LogP contribution in [0, 0.1) is 24.2 Å². The SMILES string of the molecule is C#CCNC(=O)CSc1nc2sc3c(c2c(=O)n1CC(C)C)CC[C@@H](C)C3. The Bertz CT molecular complexity index is 953. The van der Waals surface area contributed by atoms with Gasteiger partial charge in [-0.15, -0.1) is 17.8 Å². The predicted molar refractivity (Wildman–Crippen MR) is 112 cm³/mol. The highest BCUT2D eigenvalue weighted by Crippen LogP contribution is 2.36. The fraction of sp³-hybridized carbons (Fsp3) is 0.550. The minimum Gasteiger partial charge on any atom is -0.344 e. The second-order valence-corrected chi connectivity index (χ2v) is 9.53. The van der Waals surface area contributed by atoms with Gasteiger partial charge in [0.15, 0.2) is 5.16 Å². The molecule has 3 rings (SSSR count). The zero-order valence-corrected chi connectivity index (χ0v) is 17.6. The molecule has 2 aromatic rings. The van der Waals surface area contributed by atoms with Gasteiger partial charge in [0.2, 0.25) is 5.91 Å². The first-order chi connectivity index (χ1) is 12.9. The van der Waals surface area contributed by atoms with Gasteiger partial charge in [-0.2, -0.15) is 0 Å². The lowest BCUT2D eigenvalue weighted by molar-refractivity contribution is -0.118. The Kier molecular flexibility index (Phi) is 6.28. The normalized spacial score (nSPS) is 16.3. The molecular weight excluding hydrogens is 378 g/mol. The van der Waals surface area contributed by atoms with Crippen molar-refractivity contribution in [3.05, 3.63) is 20.8 Å². The van der Waals surface area contributed by atoms with Crippen LogP contribution in [-0.4, -0.2) is 27.8 Å². The molecule has 0 saturated heterocycles. The summed E-state index contributed by atoms with van der Waals surface area (Å²) >= 11 is 2.94. The van der Waals surface area contributed by atoms with Gasteiger partial charge in [0, 0.05) is 11.4 Å². The number of aryl methyl sites for hydroxylation is 1. The van der Waals surface area contributed by atoms with Gasteiger partial charge in [0.05, 0.1) is 17.7 Å². The zero-order chi connectivity index (χ0) is 19.6. The highest BCUT2D eigenvalue weighted by atomic mass is 32.2. The van der Waals surface area contributed by atoms with E-state index in [0.29, 0.717) is 23.5 Å². The molecule has 2 aromatic heterocycles. The van der Waals surface area contributed by atoms with Crippen molar-refractivity contribution >= 4 is 39.2 Å². The minimum atomic E-state index is -0.150. The molecule has 0 bridgehead atoms. The van der Waals surface area contributed by atoms with Crippen LogP contribution in [0.3, 0.4) is 0 Å². The van der Waals surface area contributed by atoms with Crippen LogP contribution < -0.4 is 10.9 Å². The smallest absolute Gasteiger partial charge is 0.263 e. The summed E-state index contributed by atoms with van der Waals surface area (Å²) in [6, 6.07) is 0. The number of carbonyl (C=O) groups is 1.